The second-order valence-electron chi connectivity index (χ2n) is 3.12. The molecule has 0 bridgehead atoms. The van der Waals surface area contributed by atoms with Crippen LogP contribution in [0.25, 0.3) is 0 Å². The van der Waals surface area contributed by atoms with Gasteiger partial charge in [0.15, 0.2) is 0 Å². The van der Waals surface area contributed by atoms with Crippen molar-refractivity contribution in [2.24, 2.45) is 11.7 Å². The summed E-state index contributed by atoms with van der Waals surface area (Å²) < 4.78 is 0. The maximum Gasteiger partial charge on any atom is 0.0566 e. The van der Waals surface area contributed by atoms with Crippen molar-refractivity contribution in [2.45, 2.75) is 38.3 Å². The van der Waals surface area contributed by atoms with Crippen LogP contribution in [0.2, 0.25) is 0 Å². The zero-order chi connectivity index (χ0) is 6.85. The van der Waals surface area contributed by atoms with E-state index in [1.54, 1.807) is 0 Å². The van der Waals surface area contributed by atoms with Crippen molar-refractivity contribution in [1.29, 1.82) is 0 Å². The molecular formula is C7H15NO. The molecule has 0 spiro atoms. The summed E-state index contributed by atoms with van der Waals surface area (Å²) in [7, 11) is 0. The van der Waals surface area contributed by atoms with Crippen molar-refractivity contribution < 1.29 is 5.11 Å². The first kappa shape index (κ1) is 7.03. The van der Waals surface area contributed by atoms with Crippen LogP contribution in [0, 0.1) is 5.92 Å². The topological polar surface area (TPSA) is 46.2 Å². The number of aliphatic hydroxyl groups is 1. The van der Waals surface area contributed by atoms with E-state index in [0.29, 0.717) is 12.0 Å². The molecule has 1 rings (SSSR count). The van der Waals surface area contributed by atoms with Gasteiger partial charge in [0, 0.05) is 6.04 Å². The van der Waals surface area contributed by atoms with Gasteiger partial charge in [-0.15, -0.1) is 0 Å². The van der Waals surface area contributed by atoms with Crippen LogP contribution in [0.5, 0.6) is 0 Å². The quantitative estimate of drug-likeness (QED) is 0.500. The van der Waals surface area contributed by atoms with Crippen LogP contribution < -0.4 is 5.73 Å². The second kappa shape index (κ2) is 2.67. The first-order valence-electron chi connectivity index (χ1n) is 3.64. The van der Waals surface area contributed by atoms with Crippen LogP contribution >= 0.6 is 0 Å². The molecule has 0 unspecified atom stereocenters. The van der Waals surface area contributed by atoms with Crippen LogP contribution in [0.1, 0.15) is 26.2 Å². The molecule has 1 aliphatic carbocycles. The van der Waals surface area contributed by atoms with Crippen molar-refractivity contribution in [3.05, 3.63) is 0 Å². The van der Waals surface area contributed by atoms with Gasteiger partial charge >= 0.3 is 0 Å². The highest BCUT2D eigenvalue weighted by Gasteiger charge is 2.22. The smallest absolute Gasteiger partial charge is 0.0566 e. The molecule has 1 fully saturated rings. The van der Waals surface area contributed by atoms with Crippen molar-refractivity contribution in [2.75, 3.05) is 0 Å². The standard InChI is InChI=1S/C7H15NO/c1-5-4-6(8)2-3-7(5)9/h5-7,9H,2-4,8H2,1H3/t5-,6-,7-/m1/s1. The molecule has 9 heavy (non-hydrogen) atoms. The van der Waals surface area contributed by atoms with Crippen LogP contribution in [-0.4, -0.2) is 17.3 Å². The Morgan fingerprint density at radius 2 is 2.11 bits per heavy atom. The monoisotopic (exact) mass is 129 g/mol. The molecule has 0 heterocycles. The van der Waals surface area contributed by atoms with Gasteiger partial charge in [-0.25, -0.2) is 0 Å². The van der Waals surface area contributed by atoms with Gasteiger partial charge in [0.05, 0.1) is 6.10 Å². The number of hydrogen-bond donors (Lipinski definition) is 2. The van der Waals surface area contributed by atoms with Gasteiger partial charge in [-0.3, -0.25) is 0 Å². The van der Waals surface area contributed by atoms with Gasteiger partial charge in [0.1, 0.15) is 0 Å². The Morgan fingerprint density at radius 1 is 1.44 bits per heavy atom. The summed E-state index contributed by atoms with van der Waals surface area (Å²) in [5, 5.41) is 9.24. The Balaban J connectivity index is 2.35. The van der Waals surface area contributed by atoms with Crippen LogP contribution in [-0.2, 0) is 0 Å². The third kappa shape index (κ3) is 1.66. The van der Waals surface area contributed by atoms with Crippen molar-refractivity contribution in [1.82, 2.24) is 0 Å². The summed E-state index contributed by atoms with van der Waals surface area (Å²) in [6, 6.07) is 0.336. The lowest BCUT2D eigenvalue weighted by Crippen LogP contribution is -2.34. The van der Waals surface area contributed by atoms with Gasteiger partial charge < -0.3 is 10.8 Å². The summed E-state index contributed by atoms with van der Waals surface area (Å²) >= 11 is 0. The lowest BCUT2D eigenvalue weighted by molar-refractivity contribution is 0.0721. The van der Waals surface area contributed by atoms with Crippen molar-refractivity contribution >= 4 is 0 Å². The molecule has 3 N–H and O–H groups in total. The predicted molar refractivity (Wildman–Crippen MR) is 37.0 cm³/mol. The van der Waals surface area contributed by atoms with Crippen LogP contribution in [0.3, 0.4) is 0 Å². The fraction of sp³-hybridized carbons (Fsp3) is 1.00. The largest absolute Gasteiger partial charge is 0.393 e. The Kier molecular flexibility index (Phi) is 2.09. The molecule has 3 atom stereocenters. The summed E-state index contributed by atoms with van der Waals surface area (Å²) in [5.41, 5.74) is 5.68. The lowest BCUT2D eigenvalue weighted by atomic mass is 9.85. The molecular weight excluding hydrogens is 114 g/mol. The Bertz CT molecular complexity index is 94.9. The summed E-state index contributed by atoms with van der Waals surface area (Å²) in [4.78, 5) is 0. The Labute approximate surface area is 56.1 Å². The van der Waals surface area contributed by atoms with Gasteiger partial charge in [0.25, 0.3) is 0 Å². The van der Waals surface area contributed by atoms with Crippen LogP contribution in [0.4, 0.5) is 0 Å². The minimum absolute atomic E-state index is 0.0928. The maximum atomic E-state index is 9.24. The highest BCUT2D eigenvalue weighted by Crippen LogP contribution is 2.22. The molecule has 0 aromatic rings. The summed E-state index contributed by atoms with van der Waals surface area (Å²) in [5.74, 6) is 0.411. The molecule has 0 aromatic heterocycles. The molecule has 0 amide bonds. The van der Waals surface area contributed by atoms with Crippen LogP contribution in [0.15, 0.2) is 0 Å². The Hall–Kier alpha value is -0.0800. The highest BCUT2D eigenvalue weighted by molar-refractivity contribution is 4.78. The van der Waals surface area contributed by atoms with Gasteiger partial charge in [-0.1, -0.05) is 6.92 Å². The predicted octanol–water partition coefficient (Wildman–Crippen LogP) is 0.495. The molecule has 0 saturated heterocycles. The first-order chi connectivity index (χ1) is 4.20. The molecule has 0 radical (unpaired) electrons. The fourth-order valence-corrected chi connectivity index (χ4v) is 1.42. The van der Waals surface area contributed by atoms with Crippen molar-refractivity contribution in [3.63, 3.8) is 0 Å². The van der Waals surface area contributed by atoms with Gasteiger partial charge in [-0.2, -0.15) is 0 Å². The zero-order valence-electron chi connectivity index (χ0n) is 5.88. The first-order valence-corrected chi connectivity index (χ1v) is 3.64. The highest BCUT2D eigenvalue weighted by atomic mass is 16.3. The number of nitrogens with two attached hydrogens (primary N) is 1. The SMILES string of the molecule is C[C@@H]1C[C@H](N)CC[C@H]1O. The van der Waals surface area contributed by atoms with E-state index in [4.69, 9.17) is 5.73 Å². The zero-order valence-corrected chi connectivity index (χ0v) is 5.88. The van der Waals surface area contributed by atoms with E-state index in [2.05, 4.69) is 6.92 Å². The minimum Gasteiger partial charge on any atom is -0.393 e. The lowest BCUT2D eigenvalue weighted by Gasteiger charge is -2.28. The molecule has 1 aliphatic rings. The molecule has 1 saturated carbocycles. The number of hydrogen-bond acceptors (Lipinski definition) is 2. The van der Waals surface area contributed by atoms with E-state index in [1.807, 2.05) is 0 Å². The van der Waals surface area contributed by atoms with E-state index in [-0.39, 0.29) is 6.10 Å². The fourth-order valence-electron chi connectivity index (χ4n) is 1.42. The average Bonchev–Trinajstić information content (AvgIpc) is 1.80. The van der Waals surface area contributed by atoms with E-state index in [0.717, 1.165) is 19.3 Å². The maximum absolute atomic E-state index is 9.24. The molecule has 2 heteroatoms. The number of aliphatic hydroxyl groups excluding tert-OH is 1. The van der Waals surface area contributed by atoms with E-state index in [9.17, 15) is 5.11 Å². The molecule has 2 nitrogen and oxygen atoms in total. The Morgan fingerprint density at radius 3 is 2.56 bits per heavy atom. The molecule has 54 valence electrons. The van der Waals surface area contributed by atoms with E-state index in [1.165, 1.54) is 0 Å². The van der Waals surface area contributed by atoms with Crippen molar-refractivity contribution in [3.8, 4) is 0 Å². The third-order valence-corrected chi connectivity index (χ3v) is 2.16. The van der Waals surface area contributed by atoms with Gasteiger partial charge in [-0.05, 0) is 25.2 Å². The third-order valence-electron chi connectivity index (χ3n) is 2.16. The molecule has 0 aliphatic heterocycles. The summed E-state index contributed by atoms with van der Waals surface area (Å²) in [6.45, 7) is 2.06. The number of rotatable bonds is 0. The second-order valence-corrected chi connectivity index (χ2v) is 3.12. The summed E-state index contributed by atoms with van der Waals surface area (Å²) in [6.07, 6.45) is 2.78. The average molecular weight is 129 g/mol. The van der Waals surface area contributed by atoms with Gasteiger partial charge in [0.2, 0.25) is 0 Å². The molecule has 0 aromatic carbocycles. The normalized spacial score (nSPS) is 45.0. The van der Waals surface area contributed by atoms with E-state index < -0.39 is 0 Å². The minimum atomic E-state index is -0.0928. The van der Waals surface area contributed by atoms with E-state index >= 15 is 0 Å².